The number of hydrogen-bond acceptors (Lipinski definition) is 7. The fraction of sp³-hybridized carbons (Fsp3) is 0.550. The summed E-state index contributed by atoms with van der Waals surface area (Å²) in [6.45, 7) is 7.46. The lowest BCUT2D eigenvalue weighted by Gasteiger charge is -2.38. The summed E-state index contributed by atoms with van der Waals surface area (Å²) in [5.74, 6) is -0.570. The van der Waals surface area contributed by atoms with Crippen molar-refractivity contribution in [1.29, 1.82) is 0 Å². The van der Waals surface area contributed by atoms with Gasteiger partial charge in [-0.05, 0) is 64.7 Å². The topological polar surface area (TPSA) is 78.4 Å². The van der Waals surface area contributed by atoms with Gasteiger partial charge in [-0.25, -0.2) is 14.7 Å². The predicted molar refractivity (Wildman–Crippen MR) is 118 cm³/mol. The van der Waals surface area contributed by atoms with Crippen molar-refractivity contribution >= 4 is 38.4 Å². The second-order valence-corrected chi connectivity index (χ2v) is 9.92. The molecule has 0 saturated carbocycles. The Hall–Kier alpha value is -1.39. The summed E-state index contributed by atoms with van der Waals surface area (Å²) in [6.07, 6.45) is 6.90. The van der Waals surface area contributed by atoms with Crippen molar-refractivity contribution in [1.82, 2.24) is 19.5 Å². The highest BCUT2D eigenvalue weighted by molar-refractivity contribution is 9.11. The number of carbonyl (C=O) groups excluding carboxylic acids is 1. The molecule has 0 amide bonds. The van der Waals surface area contributed by atoms with E-state index in [1.54, 1.807) is 18.5 Å². The van der Waals surface area contributed by atoms with Gasteiger partial charge in [-0.15, -0.1) is 0 Å². The SMILES string of the molecule is CCCCCCN1CC(OC(=O)c2cc(C)c(C)cn2)[N+]([O-])(c2ncc(Br)s2)C1. The molecule has 3 rings (SSSR count). The number of halogens is 1. The second kappa shape index (κ2) is 9.61. The molecule has 1 aliphatic rings. The van der Waals surface area contributed by atoms with Crippen LogP contribution in [-0.4, -0.2) is 46.8 Å². The second-order valence-electron chi connectivity index (χ2n) is 7.54. The standard InChI is InChI=1S/C20H27BrN4O3S/c1-4-5-6-7-8-24-12-18(25(27,13-24)20-23-11-17(21)29-20)28-19(26)16-9-14(2)15(3)10-22-16/h9-11,18H,4-8,12-13H2,1-3H3. The molecule has 1 fully saturated rings. The number of rotatable bonds is 8. The van der Waals surface area contributed by atoms with Gasteiger partial charge in [-0.1, -0.05) is 26.2 Å². The van der Waals surface area contributed by atoms with Gasteiger partial charge < -0.3 is 9.94 Å². The molecule has 1 aliphatic heterocycles. The van der Waals surface area contributed by atoms with Crippen LogP contribution in [0.1, 0.15) is 54.2 Å². The van der Waals surface area contributed by atoms with Gasteiger partial charge in [-0.2, -0.15) is 4.98 Å². The van der Waals surface area contributed by atoms with Crippen LogP contribution < -0.4 is 4.65 Å². The smallest absolute Gasteiger partial charge is 0.361 e. The molecule has 0 spiro atoms. The van der Waals surface area contributed by atoms with Gasteiger partial charge in [-0.3, -0.25) is 4.65 Å². The quantitative estimate of drug-likeness (QED) is 0.233. The Morgan fingerprint density at radius 1 is 1.31 bits per heavy atom. The number of unbranched alkanes of at least 4 members (excludes halogenated alkanes) is 3. The minimum absolute atomic E-state index is 0.223. The van der Waals surface area contributed by atoms with Crippen molar-refractivity contribution < 1.29 is 9.53 Å². The summed E-state index contributed by atoms with van der Waals surface area (Å²) in [6, 6.07) is 1.70. The Labute approximate surface area is 184 Å². The number of thiazole rings is 1. The minimum atomic E-state index is -0.866. The Morgan fingerprint density at radius 3 is 2.76 bits per heavy atom. The minimum Gasteiger partial charge on any atom is -0.622 e. The third kappa shape index (κ3) is 5.21. The maximum absolute atomic E-state index is 13.8. The summed E-state index contributed by atoms with van der Waals surface area (Å²) in [5, 5.41) is 14.1. The first kappa shape index (κ1) is 22.3. The van der Waals surface area contributed by atoms with Crippen molar-refractivity contribution in [2.24, 2.45) is 0 Å². The molecule has 0 aromatic carbocycles. The van der Waals surface area contributed by atoms with E-state index < -0.39 is 16.8 Å². The van der Waals surface area contributed by atoms with Gasteiger partial charge in [0.1, 0.15) is 12.4 Å². The zero-order valence-corrected chi connectivity index (χ0v) is 19.5. The molecule has 2 atom stereocenters. The highest BCUT2D eigenvalue weighted by Crippen LogP contribution is 2.37. The molecule has 1 saturated heterocycles. The van der Waals surface area contributed by atoms with E-state index in [1.165, 1.54) is 17.8 Å². The lowest BCUT2D eigenvalue weighted by Crippen LogP contribution is -2.50. The molecule has 2 aromatic heterocycles. The van der Waals surface area contributed by atoms with Gasteiger partial charge in [0.15, 0.2) is 0 Å². The Morgan fingerprint density at radius 2 is 2.10 bits per heavy atom. The van der Waals surface area contributed by atoms with E-state index in [-0.39, 0.29) is 12.4 Å². The fourth-order valence-corrected chi connectivity index (χ4v) is 4.62. The number of ether oxygens (including phenoxy) is 1. The monoisotopic (exact) mass is 482 g/mol. The zero-order chi connectivity index (χ0) is 21.0. The number of aromatic nitrogens is 2. The molecular weight excluding hydrogens is 456 g/mol. The Kier molecular flexibility index (Phi) is 7.39. The van der Waals surface area contributed by atoms with E-state index in [4.69, 9.17) is 4.74 Å². The number of nitrogens with zero attached hydrogens (tertiary/aromatic N) is 4. The molecule has 9 heteroatoms. The van der Waals surface area contributed by atoms with Crippen LogP contribution in [0.15, 0.2) is 22.2 Å². The van der Waals surface area contributed by atoms with Crippen LogP contribution in [0.25, 0.3) is 0 Å². The highest BCUT2D eigenvalue weighted by Gasteiger charge is 2.46. The van der Waals surface area contributed by atoms with Crippen LogP contribution in [0.2, 0.25) is 0 Å². The third-order valence-electron chi connectivity index (χ3n) is 5.23. The molecule has 0 aliphatic carbocycles. The molecule has 158 valence electrons. The summed E-state index contributed by atoms with van der Waals surface area (Å²) in [7, 11) is 0. The summed E-state index contributed by atoms with van der Waals surface area (Å²) < 4.78 is 5.70. The van der Waals surface area contributed by atoms with Crippen molar-refractivity contribution in [2.75, 3.05) is 19.8 Å². The van der Waals surface area contributed by atoms with E-state index >= 15 is 0 Å². The van der Waals surface area contributed by atoms with E-state index in [0.29, 0.717) is 11.7 Å². The Balaban J connectivity index is 1.77. The van der Waals surface area contributed by atoms with Gasteiger partial charge in [0.2, 0.25) is 0 Å². The number of esters is 1. The van der Waals surface area contributed by atoms with Crippen molar-refractivity contribution in [3.63, 3.8) is 0 Å². The van der Waals surface area contributed by atoms with Crippen molar-refractivity contribution in [3.8, 4) is 0 Å². The van der Waals surface area contributed by atoms with Crippen LogP contribution in [0.4, 0.5) is 5.13 Å². The molecule has 2 unspecified atom stereocenters. The maximum atomic E-state index is 13.8. The molecule has 0 N–H and O–H groups in total. The van der Waals surface area contributed by atoms with Crippen LogP contribution in [0.3, 0.4) is 0 Å². The summed E-state index contributed by atoms with van der Waals surface area (Å²) in [4.78, 5) is 23.2. The van der Waals surface area contributed by atoms with E-state index in [9.17, 15) is 10.0 Å². The first-order valence-corrected chi connectivity index (χ1v) is 11.5. The molecule has 0 bridgehead atoms. The van der Waals surface area contributed by atoms with E-state index in [0.717, 1.165) is 40.7 Å². The first-order chi connectivity index (χ1) is 13.8. The zero-order valence-electron chi connectivity index (χ0n) is 17.1. The average Bonchev–Trinajstić information content (AvgIpc) is 3.26. The predicted octanol–water partition coefficient (Wildman–Crippen LogP) is 4.76. The lowest BCUT2D eigenvalue weighted by atomic mass is 10.1. The maximum Gasteiger partial charge on any atom is 0.361 e. The number of carbonyl (C=O) groups is 1. The number of hydrogen-bond donors (Lipinski definition) is 0. The van der Waals surface area contributed by atoms with Crippen LogP contribution in [-0.2, 0) is 4.74 Å². The number of pyridine rings is 1. The van der Waals surface area contributed by atoms with Gasteiger partial charge in [0.25, 0.3) is 11.4 Å². The van der Waals surface area contributed by atoms with Crippen molar-refractivity contribution in [3.05, 3.63) is 44.3 Å². The average molecular weight is 483 g/mol. The van der Waals surface area contributed by atoms with Crippen LogP contribution in [0, 0.1) is 19.1 Å². The van der Waals surface area contributed by atoms with Gasteiger partial charge in [0, 0.05) is 12.7 Å². The third-order valence-corrected chi connectivity index (χ3v) is 6.82. The van der Waals surface area contributed by atoms with Crippen LogP contribution >= 0.6 is 27.3 Å². The fourth-order valence-electron chi connectivity index (χ4n) is 3.37. The molecule has 29 heavy (non-hydrogen) atoms. The van der Waals surface area contributed by atoms with Crippen molar-refractivity contribution in [2.45, 2.75) is 52.7 Å². The molecular formula is C20H27BrN4O3S. The van der Waals surface area contributed by atoms with E-state index in [2.05, 4.69) is 37.7 Å². The van der Waals surface area contributed by atoms with Gasteiger partial charge >= 0.3 is 5.97 Å². The number of hydroxylamine groups is 2. The molecule has 7 nitrogen and oxygen atoms in total. The summed E-state index contributed by atoms with van der Waals surface area (Å²) in [5.41, 5.74) is 2.19. The van der Waals surface area contributed by atoms with Crippen LogP contribution in [0.5, 0.6) is 0 Å². The molecule has 2 aromatic rings. The van der Waals surface area contributed by atoms with Gasteiger partial charge in [0.05, 0.1) is 16.5 Å². The molecule has 3 heterocycles. The number of aryl methyl sites for hydroxylation is 2. The largest absolute Gasteiger partial charge is 0.622 e. The molecule has 0 radical (unpaired) electrons. The highest BCUT2D eigenvalue weighted by atomic mass is 79.9. The number of quaternary nitrogens is 1. The lowest BCUT2D eigenvalue weighted by molar-refractivity contribution is 0.00497. The normalized spacial score (nSPS) is 22.2. The Bertz CT molecular complexity index is 862. The van der Waals surface area contributed by atoms with E-state index in [1.807, 2.05) is 13.8 Å². The first-order valence-electron chi connectivity index (χ1n) is 9.90. The summed E-state index contributed by atoms with van der Waals surface area (Å²) >= 11 is 4.66.